The van der Waals surface area contributed by atoms with Crippen molar-refractivity contribution in [2.24, 2.45) is 0 Å². The van der Waals surface area contributed by atoms with Gasteiger partial charge < -0.3 is 4.74 Å². The third-order valence-electron chi connectivity index (χ3n) is 3.74. The second kappa shape index (κ2) is 11.3. The summed E-state index contributed by atoms with van der Waals surface area (Å²) in [6.45, 7) is 14.5. The van der Waals surface area contributed by atoms with E-state index in [1.807, 2.05) is 25.6 Å². The molecule has 0 bridgehead atoms. The van der Waals surface area contributed by atoms with E-state index in [-0.39, 0.29) is 12.8 Å². The zero-order valence-corrected chi connectivity index (χ0v) is 17.2. The van der Waals surface area contributed by atoms with Crippen molar-refractivity contribution in [3.63, 3.8) is 0 Å². The topological polar surface area (TPSA) is 9.23 Å². The van der Waals surface area contributed by atoms with E-state index < -0.39 is 0 Å². The third-order valence-corrected chi connectivity index (χ3v) is 4.84. The Kier molecular flexibility index (Phi) is 11.1. The molecular weight excluding hydrogens is 307 g/mol. The van der Waals surface area contributed by atoms with Gasteiger partial charge in [-0.2, -0.15) is 21.7 Å². The van der Waals surface area contributed by atoms with Crippen molar-refractivity contribution < 1.29 is 7.59 Å². The van der Waals surface area contributed by atoms with Gasteiger partial charge in [-0.3, -0.25) is 0 Å². The lowest BCUT2D eigenvalue weighted by atomic mass is 9.99. The second-order valence-corrected chi connectivity index (χ2v) is 6.57. The van der Waals surface area contributed by atoms with E-state index in [1.54, 1.807) is 0 Å². The summed E-state index contributed by atoms with van der Waals surface area (Å²) in [5.41, 5.74) is 5.28. The van der Waals surface area contributed by atoms with Crippen molar-refractivity contribution in [1.82, 2.24) is 0 Å². The SMILES string of the molecule is C=C(C)c1cccc(C)c1CSC[C@@H]1CC[C@H](C)O1.CC.P.[HH].[HH]. The van der Waals surface area contributed by atoms with Crippen LogP contribution in [0.5, 0.6) is 0 Å². The maximum Gasteiger partial charge on any atom is 0.0670 e. The summed E-state index contributed by atoms with van der Waals surface area (Å²) >= 11 is 1.99. The van der Waals surface area contributed by atoms with Crippen molar-refractivity contribution in [2.45, 2.75) is 65.4 Å². The molecule has 0 amide bonds. The maximum absolute atomic E-state index is 5.87. The van der Waals surface area contributed by atoms with Crippen LogP contribution in [0.1, 0.15) is 60.1 Å². The Hall–Kier alpha value is -0.300. The number of hydrogen-bond donors (Lipinski definition) is 0. The van der Waals surface area contributed by atoms with Crippen LogP contribution < -0.4 is 0 Å². The molecule has 1 aromatic rings. The Bertz CT molecular complexity index is 469. The van der Waals surface area contributed by atoms with Gasteiger partial charge in [-0.05, 0) is 50.3 Å². The van der Waals surface area contributed by atoms with E-state index in [1.165, 1.54) is 29.5 Å². The average molecular weight is 345 g/mol. The van der Waals surface area contributed by atoms with Crippen molar-refractivity contribution in [1.29, 1.82) is 0 Å². The molecule has 1 nitrogen and oxygen atoms in total. The first kappa shape index (κ1) is 21.7. The minimum absolute atomic E-state index is 0. The molecular formula is C19H37OPS. The average Bonchev–Trinajstić information content (AvgIpc) is 2.88. The standard InChI is InChI=1S/C17H24OS.C2H6.H3P.2H2/c1-12(2)16-7-5-6-13(3)17(16)11-19-10-15-9-8-14(4)18-15;1-2;;;/h5-7,14-15H,1,8-11H2,2-4H3;1-2H3;1H3;2*1H/t14-,15-;;;;/m0..../s1. The summed E-state index contributed by atoms with van der Waals surface area (Å²) in [6.07, 6.45) is 3.34. The minimum Gasteiger partial charge on any atom is -0.374 e. The van der Waals surface area contributed by atoms with E-state index in [0.29, 0.717) is 12.2 Å². The summed E-state index contributed by atoms with van der Waals surface area (Å²) in [6, 6.07) is 6.49. The molecule has 1 aromatic carbocycles. The highest BCUT2D eigenvalue weighted by Gasteiger charge is 2.21. The zero-order valence-electron chi connectivity index (χ0n) is 14.9. The molecule has 2 rings (SSSR count). The van der Waals surface area contributed by atoms with Gasteiger partial charge in [-0.25, -0.2) is 0 Å². The monoisotopic (exact) mass is 344 g/mol. The van der Waals surface area contributed by atoms with E-state index >= 15 is 0 Å². The van der Waals surface area contributed by atoms with Crippen LogP contribution in [0, 0.1) is 6.92 Å². The number of hydrogen-bond acceptors (Lipinski definition) is 2. The lowest BCUT2D eigenvalue weighted by Crippen LogP contribution is -2.11. The fraction of sp³-hybridized carbons (Fsp3) is 0.579. The van der Waals surface area contributed by atoms with E-state index in [0.717, 1.165) is 17.1 Å². The molecule has 1 aliphatic rings. The van der Waals surface area contributed by atoms with Gasteiger partial charge in [0.05, 0.1) is 12.2 Å². The third kappa shape index (κ3) is 6.44. The van der Waals surface area contributed by atoms with Crippen LogP contribution >= 0.6 is 21.7 Å². The molecule has 1 fully saturated rings. The van der Waals surface area contributed by atoms with Gasteiger partial charge in [-0.15, -0.1) is 0 Å². The first-order valence-corrected chi connectivity index (χ1v) is 9.21. The molecule has 0 spiro atoms. The quantitative estimate of drug-likeness (QED) is 0.571. The highest BCUT2D eigenvalue weighted by molar-refractivity contribution is 7.98. The predicted octanol–water partition coefficient (Wildman–Crippen LogP) is 6.41. The fourth-order valence-electron chi connectivity index (χ4n) is 2.59. The molecule has 1 aliphatic heterocycles. The van der Waals surface area contributed by atoms with Gasteiger partial charge in [0.15, 0.2) is 0 Å². The lowest BCUT2D eigenvalue weighted by Gasteiger charge is -2.14. The summed E-state index contributed by atoms with van der Waals surface area (Å²) in [4.78, 5) is 0. The van der Waals surface area contributed by atoms with Crippen molar-refractivity contribution >= 4 is 27.2 Å². The second-order valence-electron chi connectivity index (χ2n) is 5.54. The van der Waals surface area contributed by atoms with Crippen LogP contribution in [-0.4, -0.2) is 18.0 Å². The predicted molar refractivity (Wildman–Crippen MR) is 112 cm³/mol. The number of aryl methyl sites for hydroxylation is 1. The normalized spacial score (nSPS) is 19.9. The van der Waals surface area contributed by atoms with Crippen molar-refractivity contribution in [3.8, 4) is 0 Å². The first-order chi connectivity index (χ1) is 10.1. The Labute approximate surface area is 147 Å². The van der Waals surface area contributed by atoms with Gasteiger partial charge in [0, 0.05) is 14.4 Å². The van der Waals surface area contributed by atoms with Crippen LogP contribution in [0.4, 0.5) is 0 Å². The van der Waals surface area contributed by atoms with E-state index in [9.17, 15) is 0 Å². The van der Waals surface area contributed by atoms with E-state index in [2.05, 4.69) is 45.5 Å². The molecule has 1 heterocycles. The van der Waals surface area contributed by atoms with Gasteiger partial charge in [0.2, 0.25) is 0 Å². The largest absolute Gasteiger partial charge is 0.374 e. The van der Waals surface area contributed by atoms with Crippen LogP contribution in [-0.2, 0) is 10.5 Å². The Morgan fingerprint density at radius 2 is 2.05 bits per heavy atom. The number of allylic oxidation sites excluding steroid dienone is 1. The highest BCUT2D eigenvalue weighted by Crippen LogP contribution is 2.28. The van der Waals surface area contributed by atoms with Gasteiger partial charge in [0.1, 0.15) is 0 Å². The number of ether oxygens (including phenoxy) is 1. The molecule has 3 heteroatoms. The van der Waals surface area contributed by atoms with E-state index in [4.69, 9.17) is 4.74 Å². The molecule has 22 heavy (non-hydrogen) atoms. The molecule has 0 radical (unpaired) electrons. The summed E-state index contributed by atoms with van der Waals surface area (Å²) in [5.74, 6) is 2.16. The summed E-state index contributed by atoms with van der Waals surface area (Å²) in [5, 5.41) is 0. The van der Waals surface area contributed by atoms with Gasteiger partial charge in [-0.1, -0.05) is 44.2 Å². The smallest absolute Gasteiger partial charge is 0.0670 e. The first-order valence-electron chi connectivity index (χ1n) is 8.05. The molecule has 0 N–H and O–H groups in total. The van der Waals surface area contributed by atoms with Crippen LogP contribution in [0.2, 0.25) is 0 Å². The molecule has 0 aromatic heterocycles. The van der Waals surface area contributed by atoms with Crippen molar-refractivity contribution in [3.05, 3.63) is 41.5 Å². The molecule has 1 unspecified atom stereocenters. The highest BCUT2D eigenvalue weighted by atomic mass is 32.2. The van der Waals surface area contributed by atoms with Gasteiger partial charge >= 0.3 is 0 Å². The minimum atomic E-state index is 0. The molecule has 1 saturated heterocycles. The number of thioether (sulfide) groups is 1. The van der Waals surface area contributed by atoms with Crippen LogP contribution in [0.25, 0.3) is 5.57 Å². The molecule has 130 valence electrons. The summed E-state index contributed by atoms with van der Waals surface area (Å²) in [7, 11) is 0. The summed E-state index contributed by atoms with van der Waals surface area (Å²) < 4.78 is 5.87. The van der Waals surface area contributed by atoms with Gasteiger partial charge in [0.25, 0.3) is 0 Å². The molecule has 3 atom stereocenters. The van der Waals surface area contributed by atoms with Crippen molar-refractivity contribution in [2.75, 3.05) is 5.75 Å². The lowest BCUT2D eigenvalue weighted by molar-refractivity contribution is 0.0700. The Morgan fingerprint density at radius 3 is 2.59 bits per heavy atom. The van der Waals surface area contributed by atoms with Crippen LogP contribution in [0.3, 0.4) is 0 Å². The zero-order chi connectivity index (χ0) is 15.8. The fourth-order valence-corrected chi connectivity index (χ4v) is 3.81. The molecule has 0 aliphatic carbocycles. The van der Waals surface area contributed by atoms with Crippen LogP contribution in [0.15, 0.2) is 24.8 Å². The molecule has 0 saturated carbocycles. The maximum atomic E-state index is 5.87. The number of rotatable bonds is 5. The Balaban J connectivity index is -0.000000850. The Morgan fingerprint density at radius 1 is 1.36 bits per heavy atom. The number of benzene rings is 1.